The van der Waals surface area contributed by atoms with Crippen molar-refractivity contribution in [3.8, 4) is 0 Å². The quantitative estimate of drug-likeness (QED) is 0.909. The molecule has 2 bridgehead atoms. The van der Waals surface area contributed by atoms with Crippen LogP contribution in [-0.4, -0.2) is 34.5 Å². The Bertz CT molecular complexity index is 631. The molecule has 128 valence electrons. The summed E-state index contributed by atoms with van der Waals surface area (Å²) in [6.45, 7) is 6.21. The normalized spacial score (nSPS) is 25.1. The molecule has 2 N–H and O–H groups in total. The van der Waals surface area contributed by atoms with Gasteiger partial charge in [-0.1, -0.05) is 26.3 Å². The van der Waals surface area contributed by atoms with Crippen molar-refractivity contribution >= 4 is 18.3 Å². The fourth-order valence-corrected chi connectivity index (χ4v) is 3.78. The van der Waals surface area contributed by atoms with Gasteiger partial charge >= 0.3 is 0 Å². The average Bonchev–Trinajstić information content (AvgIpc) is 2.53. The van der Waals surface area contributed by atoms with Crippen molar-refractivity contribution < 1.29 is 4.79 Å². The first-order valence-corrected chi connectivity index (χ1v) is 8.25. The monoisotopic (exact) mass is 339 g/mol. The van der Waals surface area contributed by atoms with Crippen molar-refractivity contribution in [1.82, 2.24) is 9.47 Å². The molecule has 0 saturated carbocycles. The number of aromatic nitrogens is 1. The predicted octanol–water partition coefficient (Wildman–Crippen LogP) is 1.59. The zero-order chi connectivity index (χ0) is 15.9. The molecule has 3 heterocycles. The van der Waals surface area contributed by atoms with E-state index >= 15 is 0 Å². The molecule has 3 rings (SSSR count). The van der Waals surface area contributed by atoms with Crippen LogP contribution in [0.5, 0.6) is 0 Å². The van der Waals surface area contributed by atoms with E-state index in [1.165, 1.54) is 0 Å². The summed E-state index contributed by atoms with van der Waals surface area (Å²) in [5, 5.41) is 0. The number of nitrogens with zero attached hydrogens (tertiary/aromatic N) is 2. The van der Waals surface area contributed by atoms with Gasteiger partial charge in [0.1, 0.15) is 0 Å². The largest absolute Gasteiger partial charge is 0.340 e. The lowest BCUT2D eigenvalue weighted by Gasteiger charge is -2.43. The van der Waals surface area contributed by atoms with Crippen LogP contribution in [0.2, 0.25) is 0 Å². The van der Waals surface area contributed by atoms with E-state index in [1.807, 2.05) is 28.5 Å². The number of halogens is 1. The molecule has 4 atom stereocenters. The third-order valence-corrected chi connectivity index (χ3v) is 5.33. The highest BCUT2D eigenvalue weighted by Gasteiger charge is 2.37. The lowest BCUT2D eigenvalue weighted by Crippen LogP contribution is -2.54. The van der Waals surface area contributed by atoms with Crippen LogP contribution in [0.3, 0.4) is 0 Å². The van der Waals surface area contributed by atoms with Gasteiger partial charge in [-0.2, -0.15) is 0 Å². The third-order valence-electron chi connectivity index (χ3n) is 5.33. The number of nitrogens with two attached hydrogens (primary N) is 1. The van der Waals surface area contributed by atoms with Gasteiger partial charge < -0.3 is 15.2 Å². The summed E-state index contributed by atoms with van der Waals surface area (Å²) in [5.41, 5.74) is 7.27. The number of piperidine rings is 1. The Hall–Kier alpha value is -1.33. The number of carbonyl (C=O) groups is 1. The fourth-order valence-electron chi connectivity index (χ4n) is 3.78. The maximum atomic E-state index is 12.6. The highest BCUT2D eigenvalue weighted by molar-refractivity contribution is 5.85. The Kier molecular flexibility index (Phi) is 5.53. The molecule has 1 aromatic rings. The molecule has 1 amide bonds. The Morgan fingerprint density at radius 2 is 2.09 bits per heavy atom. The molecule has 0 aliphatic carbocycles. The van der Waals surface area contributed by atoms with Crippen molar-refractivity contribution in [2.45, 2.75) is 45.2 Å². The number of hydrogen-bond donors (Lipinski definition) is 1. The minimum absolute atomic E-state index is 0. The smallest absolute Gasteiger partial charge is 0.250 e. The molecule has 0 radical (unpaired) electrons. The van der Waals surface area contributed by atoms with E-state index in [-0.39, 0.29) is 35.7 Å². The highest BCUT2D eigenvalue weighted by atomic mass is 35.5. The maximum absolute atomic E-state index is 12.6. The van der Waals surface area contributed by atoms with Crippen LogP contribution in [0, 0.1) is 11.8 Å². The molecule has 5 nitrogen and oxygen atoms in total. The van der Waals surface area contributed by atoms with E-state index in [2.05, 4.69) is 6.92 Å². The van der Waals surface area contributed by atoms with Crippen molar-refractivity contribution in [2.24, 2.45) is 17.6 Å². The van der Waals surface area contributed by atoms with Crippen LogP contribution in [-0.2, 0) is 11.3 Å². The Balaban J connectivity index is 0.00000192. The predicted molar refractivity (Wildman–Crippen MR) is 92.8 cm³/mol. The molecule has 6 heteroatoms. The Labute approximate surface area is 143 Å². The Morgan fingerprint density at radius 1 is 1.35 bits per heavy atom. The SMILES string of the molecule is CC[C@H](C)[C@H](N)C(=O)N1CC2C[C@H](C1)c1cccc(=O)n1C2.Cl. The molecule has 1 aromatic heterocycles. The molecule has 0 spiro atoms. The van der Waals surface area contributed by atoms with E-state index in [9.17, 15) is 9.59 Å². The maximum Gasteiger partial charge on any atom is 0.250 e. The summed E-state index contributed by atoms with van der Waals surface area (Å²) in [6, 6.07) is 5.04. The van der Waals surface area contributed by atoms with Gasteiger partial charge in [-0.3, -0.25) is 9.59 Å². The van der Waals surface area contributed by atoms with Gasteiger partial charge in [0.2, 0.25) is 5.91 Å². The minimum Gasteiger partial charge on any atom is -0.340 e. The number of hydrogen-bond acceptors (Lipinski definition) is 3. The summed E-state index contributed by atoms with van der Waals surface area (Å²) < 4.78 is 1.88. The first-order chi connectivity index (χ1) is 10.5. The highest BCUT2D eigenvalue weighted by Crippen LogP contribution is 2.35. The van der Waals surface area contributed by atoms with Crippen molar-refractivity contribution in [1.29, 1.82) is 0 Å². The number of amides is 1. The average molecular weight is 340 g/mol. The molecule has 1 unspecified atom stereocenters. The van der Waals surface area contributed by atoms with Gasteiger partial charge in [0.25, 0.3) is 5.56 Å². The van der Waals surface area contributed by atoms with E-state index in [4.69, 9.17) is 5.73 Å². The molecule has 0 aromatic carbocycles. The Morgan fingerprint density at radius 3 is 2.78 bits per heavy atom. The van der Waals surface area contributed by atoms with Crippen LogP contribution < -0.4 is 11.3 Å². The number of likely N-dealkylation sites (tertiary alicyclic amines) is 1. The van der Waals surface area contributed by atoms with Crippen LogP contribution in [0.1, 0.15) is 38.3 Å². The molecule has 23 heavy (non-hydrogen) atoms. The molecule has 2 aliphatic heterocycles. The second kappa shape index (κ2) is 7.05. The van der Waals surface area contributed by atoms with Crippen molar-refractivity contribution in [3.63, 3.8) is 0 Å². The summed E-state index contributed by atoms with van der Waals surface area (Å²) >= 11 is 0. The number of fused-ring (bicyclic) bond motifs is 4. The standard InChI is InChI=1S/C17H25N3O2.ClH/c1-3-11(2)16(18)17(22)19-8-12-7-13(10-19)14-5-4-6-15(21)20(14)9-12;/h4-6,11-13,16H,3,7-10,18H2,1-2H3;1H/t11-,12?,13+,16-;/m0./s1. The summed E-state index contributed by atoms with van der Waals surface area (Å²) in [6.07, 6.45) is 1.97. The minimum atomic E-state index is -0.415. The number of carbonyl (C=O) groups excluding carboxylic acids is 1. The number of pyridine rings is 1. The fraction of sp³-hybridized carbons (Fsp3) is 0.647. The van der Waals surface area contributed by atoms with Gasteiger partial charge in [-0.25, -0.2) is 0 Å². The molecular formula is C17H26ClN3O2. The van der Waals surface area contributed by atoms with Crippen LogP contribution >= 0.6 is 12.4 Å². The first-order valence-electron chi connectivity index (χ1n) is 8.25. The van der Waals surface area contributed by atoms with Crippen LogP contribution in [0.25, 0.3) is 0 Å². The van der Waals surface area contributed by atoms with Gasteiger partial charge in [0, 0.05) is 37.3 Å². The summed E-state index contributed by atoms with van der Waals surface area (Å²) in [4.78, 5) is 26.6. The molecule has 2 aliphatic rings. The second-order valence-corrected chi connectivity index (χ2v) is 6.85. The second-order valence-electron chi connectivity index (χ2n) is 6.85. The summed E-state index contributed by atoms with van der Waals surface area (Å²) in [7, 11) is 0. The van der Waals surface area contributed by atoms with E-state index in [0.717, 1.165) is 25.1 Å². The van der Waals surface area contributed by atoms with Crippen molar-refractivity contribution in [3.05, 3.63) is 34.2 Å². The van der Waals surface area contributed by atoms with Gasteiger partial charge in [-0.05, 0) is 24.3 Å². The molecule has 1 fully saturated rings. The van der Waals surface area contributed by atoms with Crippen LogP contribution in [0.15, 0.2) is 23.0 Å². The zero-order valence-corrected chi connectivity index (χ0v) is 14.6. The lowest BCUT2D eigenvalue weighted by atomic mass is 9.82. The topological polar surface area (TPSA) is 68.3 Å². The van der Waals surface area contributed by atoms with Crippen LogP contribution in [0.4, 0.5) is 0 Å². The van der Waals surface area contributed by atoms with Crippen molar-refractivity contribution in [2.75, 3.05) is 13.1 Å². The van der Waals surface area contributed by atoms with E-state index in [1.54, 1.807) is 6.07 Å². The van der Waals surface area contributed by atoms with Gasteiger partial charge in [0.15, 0.2) is 0 Å². The van der Waals surface area contributed by atoms with E-state index in [0.29, 0.717) is 19.0 Å². The molecule has 1 saturated heterocycles. The number of rotatable bonds is 3. The summed E-state index contributed by atoms with van der Waals surface area (Å²) in [5.74, 6) is 0.883. The van der Waals surface area contributed by atoms with E-state index < -0.39 is 6.04 Å². The lowest BCUT2D eigenvalue weighted by molar-refractivity contribution is -0.136. The first kappa shape index (κ1) is 18.0. The van der Waals surface area contributed by atoms with Gasteiger partial charge in [0.05, 0.1) is 6.04 Å². The van der Waals surface area contributed by atoms with Gasteiger partial charge in [-0.15, -0.1) is 12.4 Å². The zero-order valence-electron chi connectivity index (χ0n) is 13.8. The molecular weight excluding hydrogens is 314 g/mol. The third kappa shape index (κ3) is 3.31.